The molecule has 0 saturated carbocycles. The van der Waals surface area contributed by atoms with Crippen LogP contribution >= 0.6 is 0 Å². The third kappa shape index (κ3) is 2.53. The molecule has 0 amide bonds. The first-order valence-electron chi connectivity index (χ1n) is 5.77. The highest BCUT2D eigenvalue weighted by Gasteiger charge is 2.27. The quantitative estimate of drug-likeness (QED) is 0.756. The van der Waals surface area contributed by atoms with E-state index >= 15 is 0 Å². The number of aromatic nitrogens is 2. The van der Waals surface area contributed by atoms with Crippen LogP contribution in [0.5, 0.6) is 0 Å². The highest BCUT2D eigenvalue weighted by molar-refractivity contribution is 4.91. The van der Waals surface area contributed by atoms with Crippen LogP contribution in [-0.2, 0) is 6.54 Å². The molecule has 1 saturated heterocycles. The molecule has 82 valence electrons. The average Bonchev–Trinajstić information content (AvgIpc) is 2.67. The van der Waals surface area contributed by atoms with Crippen molar-refractivity contribution in [2.24, 2.45) is 5.92 Å². The molecule has 0 aromatic carbocycles. The molecule has 1 fully saturated rings. The first-order chi connectivity index (χ1) is 7.27. The van der Waals surface area contributed by atoms with Gasteiger partial charge in [-0.25, -0.2) is 9.97 Å². The Kier molecular flexibility index (Phi) is 3.31. The lowest BCUT2D eigenvalue weighted by atomic mass is 10.0. The van der Waals surface area contributed by atoms with Crippen molar-refractivity contribution in [2.75, 3.05) is 6.54 Å². The molecule has 0 bridgehead atoms. The molecule has 0 spiro atoms. The van der Waals surface area contributed by atoms with Crippen LogP contribution in [0.25, 0.3) is 0 Å². The van der Waals surface area contributed by atoms with Crippen LogP contribution in [0, 0.1) is 5.92 Å². The van der Waals surface area contributed by atoms with E-state index in [1.165, 1.54) is 19.4 Å². The molecule has 3 nitrogen and oxygen atoms in total. The highest BCUT2D eigenvalue weighted by atomic mass is 15.2. The predicted molar refractivity (Wildman–Crippen MR) is 60.3 cm³/mol. The largest absolute Gasteiger partial charge is 0.293 e. The summed E-state index contributed by atoms with van der Waals surface area (Å²) in [5, 5.41) is 0. The van der Waals surface area contributed by atoms with Crippen LogP contribution in [0.3, 0.4) is 0 Å². The minimum atomic E-state index is 0.716. The van der Waals surface area contributed by atoms with E-state index in [2.05, 4.69) is 28.7 Å². The van der Waals surface area contributed by atoms with Crippen molar-refractivity contribution in [3.63, 3.8) is 0 Å². The lowest BCUT2D eigenvalue weighted by molar-refractivity contribution is 0.194. The summed E-state index contributed by atoms with van der Waals surface area (Å²) in [5.41, 5.74) is 0. The van der Waals surface area contributed by atoms with Gasteiger partial charge in [-0.3, -0.25) is 4.90 Å². The normalized spacial score (nSPS) is 22.5. The summed E-state index contributed by atoms with van der Waals surface area (Å²) in [4.78, 5) is 11.1. The molecule has 0 radical (unpaired) electrons. The molecule has 1 atom stereocenters. The minimum Gasteiger partial charge on any atom is -0.293 e. The molecule has 2 heterocycles. The summed E-state index contributed by atoms with van der Waals surface area (Å²) < 4.78 is 0. The summed E-state index contributed by atoms with van der Waals surface area (Å²) in [7, 11) is 0. The summed E-state index contributed by atoms with van der Waals surface area (Å²) in [6.07, 6.45) is 6.28. The smallest absolute Gasteiger partial charge is 0.142 e. The number of hydrogen-bond acceptors (Lipinski definition) is 3. The van der Waals surface area contributed by atoms with Gasteiger partial charge >= 0.3 is 0 Å². The Bertz CT molecular complexity index is 297. The van der Waals surface area contributed by atoms with Crippen molar-refractivity contribution in [1.82, 2.24) is 14.9 Å². The molecule has 1 aromatic rings. The van der Waals surface area contributed by atoms with E-state index < -0.39 is 0 Å². The second-order valence-corrected chi connectivity index (χ2v) is 4.59. The SMILES string of the molecule is CC(C)C1CCCN1Cc1ncccn1. The number of rotatable bonds is 3. The van der Waals surface area contributed by atoms with Gasteiger partial charge in [-0.15, -0.1) is 0 Å². The second-order valence-electron chi connectivity index (χ2n) is 4.59. The first kappa shape index (κ1) is 10.6. The van der Waals surface area contributed by atoms with Gasteiger partial charge in [0.25, 0.3) is 0 Å². The van der Waals surface area contributed by atoms with Crippen LogP contribution in [-0.4, -0.2) is 27.5 Å². The molecular formula is C12H19N3. The summed E-state index contributed by atoms with van der Waals surface area (Å²) in [6.45, 7) is 6.70. The van der Waals surface area contributed by atoms with Gasteiger partial charge in [0.05, 0.1) is 6.54 Å². The lowest BCUT2D eigenvalue weighted by Gasteiger charge is -2.26. The Balaban J connectivity index is 2.00. The Morgan fingerprint density at radius 2 is 2.13 bits per heavy atom. The Hall–Kier alpha value is -0.960. The van der Waals surface area contributed by atoms with Crippen LogP contribution in [0.2, 0.25) is 0 Å². The third-order valence-electron chi connectivity index (χ3n) is 3.15. The maximum Gasteiger partial charge on any atom is 0.142 e. The summed E-state index contributed by atoms with van der Waals surface area (Å²) >= 11 is 0. The van der Waals surface area contributed by atoms with E-state index in [4.69, 9.17) is 0 Å². The van der Waals surface area contributed by atoms with E-state index in [0.29, 0.717) is 6.04 Å². The van der Waals surface area contributed by atoms with Gasteiger partial charge in [-0.1, -0.05) is 13.8 Å². The summed E-state index contributed by atoms with van der Waals surface area (Å²) in [6, 6.07) is 2.58. The number of hydrogen-bond donors (Lipinski definition) is 0. The van der Waals surface area contributed by atoms with Gasteiger partial charge in [0.2, 0.25) is 0 Å². The van der Waals surface area contributed by atoms with Crippen molar-refractivity contribution in [3.05, 3.63) is 24.3 Å². The van der Waals surface area contributed by atoms with Crippen LogP contribution in [0.1, 0.15) is 32.5 Å². The van der Waals surface area contributed by atoms with Crippen molar-refractivity contribution >= 4 is 0 Å². The minimum absolute atomic E-state index is 0.716. The maximum atomic E-state index is 4.28. The van der Waals surface area contributed by atoms with Gasteiger partial charge in [0.15, 0.2) is 0 Å². The summed E-state index contributed by atoms with van der Waals surface area (Å²) in [5.74, 6) is 1.68. The zero-order valence-electron chi connectivity index (χ0n) is 9.56. The topological polar surface area (TPSA) is 29.0 Å². The first-order valence-corrected chi connectivity index (χ1v) is 5.77. The standard InChI is InChI=1S/C12H19N3/c1-10(2)11-5-3-8-15(11)9-12-13-6-4-7-14-12/h4,6-7,10-11H,3,5,8-9H2,1-2H3. The highest BCUT2D eigenvalue weighted by Crippen LogP contribution is 2.24. The number of likely N-dealkylation sites (tertiary alicyclic amines) is 1. The molecule has 1 aromatic heterocycles. The van der Waals surface area contributed by atoms with Crippen molar-refractivity contribution in [2.45, 2.75) is 39.3 Å². The van der Waals surface area contributed by atoms with Gasteiger partial charge in [-0.05, 0) is 31.4 Å². The molecule has 15 heavy (non-hydrogen) atoms. The van der Waals surface area contributed by atoms with Gasteiger partial charge < -0.3 is 0 Å². The molecule has 1 unspecified atom stereocenters. The van der Waals surface area contributed by atoms with Crippen molar-refractivity contribution < 1.29 is 0 Å². The predicted octanol–water partition coefficient (Wildman–Crippen LogP) is 2.10. The fourth-order valence-corrected chi connectivity index (χ4v) is 2.40. The molecular weight excluding hydrogens is 186 g/mol. The zero-order valence-corrected chi connectivity index (χ0v) is 9.56. The third-order valence-corrected chi connectivity index (χ3v) is 3.15. The maximum absolute atomic E-state index is 4.28. The van der Waals surface area contributed by atoms with E-state index in [0.717, 1.165) is 18.3 Å². The molecule has 0 N–H and O–H groups in total. The molecule has 2 rings (SSSR count). The van der Waals surface area contributed by atoms with Crippen LogP contribution < -0.4 is 0 Å². The Morgan fingerprint density at radius 3 is 2.80 bits per heavy atom. The zero-order chi connectivity index (χ0) is 10.7. The van der Waals surface area contributed by atoms with Gasteiger partial charge in [-0.2, -0.15) is 0 Å². The monoisotopic (exact) mass is 205 g/mol. The van der Waals surface area contributed by atoms with E-state index in [9.17, 15) is 0 Å². The van der Waals surface area contributed by atoms with Crippen molar-refractivity contribution in [1.29, 1.82) is 0 Å². The van der Waals surface area contributed by atoms with E-state index in [-0.39, 0.29) is 0 Å². The fourth-order valence-electron chi connectivity index (χ4n) is 2.40. The van der Waals surface area contributed by atoms with Crippen LogP contribution in [0.4, 0.5) is 0 Å². The second kappa shape index (κ2) is 4.71. The lowest BCUT2D eigenvalue weighted by Crippen LogP contribution is -2.33. The van der Waals surface area contributed by atoms with Crippen molar-refractivity contribution in [3.8, 4) is 0 Å². The molecule has 3 heteroatoms. The Labute approximate surface area is 91.5 Å². The van der Waals surface area contributed by atoms with Gasteiger partial charge in [0.1, 0.15) is 5.82 Å². The fraction of sp³-hybridized carbons (Fsp3) is 0.667. The average molecular weight is 205 g/mol. The molecule has 1 aliphatic heterocycles. The van der Waals surface area contributed by atoms with Gasteiger partial charge in [0, 0.05) is 18.4 Å². The Morgan fingerprint density at radius 1 is 1.40 bits per heavy atom. The number of nitrogens with zero attached hydrogens (tertiary/aromatic N) is 3. The van der Waals surface area contributed by atoms with Crippen LogP contribution in [0.15, 0.2) is 18.5 Å². The van der Waals surface area contributed by atoms with E-state index in [1.54, 1.807) is 0 Å². The van der Waals surface area contributed by atoms with E-state index in [1.807, 2.05) is 18.5 Å². The molecule has 1 aliphatic rings. The molecule has 0 aliphatic carbocycles.